The van der Waals surface area contributed by atoms with Crippen LogP contribution in [0.4, 0.5) is 4.39 Å². The van der Waals surface area contributed by atoms with Crippen molar-refractivity contribution in [3.63, 3.8) is 0 Å². The zero-order valence-electron chi connectivity index (χ0n) is 16.7. The SMILES string of the molecule is CCCCCC[C@@H](C)NC(=O)CSc1nnc(-c2ccccc2F)n1C1CC1. The molecule has 1 atom stereocenters. The number of aromatic nitrogens is 3. The molecule has 0 unspecified atom stereocenters. The van der Waals surface area contributed by atoms with E-state index in [1.165, 1.54) is 37.1 Å². The number of thioether (sulfide) groups is 1. The van der Waals surface area contributed by atoms with Crippen LogP contribution in [0.1, 0.15) is 64.8 Å². The highest BCUT2D eigenvalue weighted by Crippen LogP contribution is 2.41. The van der Waals surface area contributed by atoms with Crippen molar-refractivity contribution in [3.05, 3.63) is 30.1 Å². The maximum atomic E-state index is 14.2. The van der Waals surface area contributed by atoms with E-state index in [2.05, 4.69) is 29.4 Å². The maximum absolute atomic E-state index is 14.2. The van der Waals surface area contributed by atoms with Gasteiger partial charge in [-0.25, -0.2) is 4.39 Å². The highest BCUT2D eigenvalue weighted by molar-refractivity contribution is 7.99. The Labute approximate surface area is 170 Å². The molecule has 0 spiro atoms. The number of hydrogen-bond donors (Lipinski definition) is 1. The molecule has 1 heterocycles. The Bertz CT molecular complexity index is 790. The normalized spacial score (nSPS) is 14.8. The number of amides is 1. The summed E-state index contributed by atoms with van der Waals surface area (Å²) in [6, 6.07) is 7.10. The second kappa shape index (κ2) is 10.0. The Kier molecular flexibility index (Phi) is 7.48. The van der Waals surface area contributed by atoms with E-state index < -0.39 is 0 Å². The lowest BCUT2D eigenvalue weighted by Crippen LogP contribution is -2.33. The third-order valence-corrected chi connectivity index (χ3v) is 5.86. The van der Waals surface area contributed by atoms with Gasteiger partial charge in [-0.2, -0.15) is 0 Å². The molecule has 1 N–H and O–H groups in total. The second-order valence-corrected chi connectivity index (χ2v) is 8.44. The van der Waals surface area contributed by atoms with Gasteiger partial charge in [0, 0.05) is 12.1 Å². The summed E-state index contributed by atoms with van der Waals surface area (Å²) in [7, 11) is 0. The highest BCUT2D eigenvalue weighted by atomic mass is 32.2. The van der Waals surface area contributed by atoms with Crippen molar-refractivity contribution in [3.8, 4) is 11.4 Å². The van der Waals surface area contributed by atoms with Crippen molar-refractivity contribution in [2.24, 2.45) is 0 Å². The molecule has 1 fully saturated rings. The van der Waals surface area contributed by atoms with Crippen LogP contribution in [0.15, 0.2) is 29.4 Å². The molecule has 3 rings (SSSR count). The molecule has 1 aliphatic rings. The summed E-state index contributed by atoms with van der Waals surface area (Å²) in [6.45, 7) is 4.25. The van der Waals surface area contributed by atoms with Crippen molar-refractivity contribution >= 4 is 17.7 Å². The van der Waals surface area contributed by atoms with Crippen LogP contribution in [0.25, 0.3) is 11.4 Å². The number of halogens is 1. The maximum Gasteiger partial charge on any atom is 0.230 e. The molecule has 1 aromatic carbocycles. The molecule has 1 aromatic heterocycles. The van der Waals surface area contributed by atoms with Gasteiger partial charge in [0.1, 0.15) is 5.82 Å². The molecular weight excluding hydrogens is 375 g/mol. The largest absolute Gasteiger partial charge is 0.353 e. The molecule has 152 valence electrons. The lowest BCUT2D eigenvalue weighted by atomic mass is 10.1. The average Bonchev–Trinajstić information content (AvgIpc) is 3.43. The molecule has 28 heavy (non-hydrogen) atoms. The van der Waals surface area contributed by atoms with Gasteiger partial charge in [-0.3, -0.25) is 9.36 Å². The van der Waals surface area contributed by atoms with Crippen LogP contribution >= 0.6 is 11.8 Å². The molecule has 5 nitrogen and oxygen atoms in total. The Morgan fingerprint density at radius 2 is 2.07 bits per heavy atom. The third-order valence-electron chi connectivity index (χ3n) is 4.92. The predicted molar refractivity (Wildman–Crippen MR) is 111 cm³/mol. The molecule has 1 amide bonds. The minimum atomic E-state index is -0.303. The van der Waals surface area contributed by atoms with E-state index in [0.717, 1.165) is 25.7 Å². The Balaban J connectivity index is 1.58. The zero-order chi connectivity index (χ0) is 19.9. The van der Waals surface area contributed by atoms with E-state index in [0.29, 0.717) is 28.3 Å². The van der Waals surface area contributed by atoms with Crippen LogP contribution in [-0.2, 0) is 4.79 Å². The minimum absolute atomic E-state index is 0.00535. The topological polar surface area (TPSA) is 59.8 Å². The summed E-state index contributed by atoms with van der Waals surface area (Å²) < 4.78 is 16.2. The van der Waals surface area contributed by atoms with E-state index in [4.69, 9.17) is 0 Å². The summed E-state index contributed by atoms with van der Waals surface area (Å²) in [5.74, 6) is 0.545. The first-order valence-corrected chi connectivity index (χ1v) is 11.2. The molecule has 0 bridgehead atoms. The smallest absolute Gasteiger partial charge is 0.230 e. The Hall–Kier alpha value is -1.89. The lowest BCUT2D eigenvalue weighted by Gasteiger charge is -2.14. The van der Waals surface area contributed by atoms with Crippen molar-refractivity contribution in [1.82, 2.24) is 20.1 Å². The van der Waals surface area contributed by atoms with Gasteiger partial charge in [0.15, 0.2) is 11.0 Å². The van der Waals surface area contributed by atoms with Gasteiger partial charge in [0.2, 0.25) is 5.91 Å². The number of nitrogens with one attached hydrogen (secondary N) is 1. The first-order chi connectivity index (χ1) is 13.6. The summed E-state index contributed by atoms with van der Waals surface area (Å²) >= 11 is 1.37. The fourth-order valence-electron chi connectivity index (χ4n) is 3.26. The molecule has 1 aliphatic carbocycles. The monoisotopic (exact) mass is 404 g/mol. The number of rotatable bonds is 11. The van der Waals surface area contributed by atoms with Crippen molar-refractivity contribution < 1.29 is 9.18 Å². The van der Waals surface area contributed by atoms with E-state index in [-0.39, 0.29) is 17.8 Å². The standard InChI is InChI=1S/C21H29FN4OS/c1-3-4-5-6-9-15(2)23-19(27)14-28-21-25-24-20(26(21)16-12-13-16)17-10-7-8-11-18(17)22/h7-8,10-11,15-16H,3-6,9,12-14H2,1-2H3,(H,23,27)/t15-/m1/s1. The average molecular weight is 405 g/mol. The summed E-state index contributed by atoms with van der Waals surface area (Å²) in [6.07, 6.45) is 7.90. The Morgan fingerprint density at radius 1 is 1.29 bits per heavy atom. The van der Waals surface area contributed by atoms with Crippen LogP contribution in [-0.4, -0.2) is 32.5 Å². The molecule has 0 saturated heterocycles. The fraction of sp³-hybridized carbons (Fsp3) is 0.571. The van der Waals surface area contributed by atoms with E-state index in [1.54, 1.807) is 18.2 Å². The lowest BCUT2D eigenvalue weighted by molar-refractivity contribution is -0.119. The summed E-state index contributed by atoms with van der Waals surface area (Å²) in [4.78, 5) is 12.3. The molecule has 7 heteroatoms. The van der Waals surface area contributed by atoms with Crippen molar-refractivity contribution in [2.45, 2.75) is 76.0 Å². The van der Waals surface area contributed by atoms with E-state index >= 15 is 0 Å². The van der Waals surface area contributed by atoms with Gasteiger partial charge >= 0.3 is 0 Å². The van der Waals surface area contributed by atoms with Gasteiger partial charge in [-0.15, -0.1) is 10.2 Å². The predicted octanol–water partition coefficient (Wildman–Crippen LogP) is 4.99. The van der Waals surface area contributed by atoms with Gasteiger partial charge < -0.3 is 5.32 Å². The highest BCUT2D eigenvalue weighted by Gasteiger charge is 2.31. The van der Waals surface area contributed by atoms with Gasteiger partial charge in [0.05, 0.1) is 11.3 Å². The summed E-state index contributed by atoms with van der Waals surface area (Å²) in [5.41, 5.74) is 0.457. The first kappa shape index (κ1) is 20.8. The molecule has 0 aliphatic heterocycles. The molecule has 2 aromatic rings. The number of hydrogen-bond acceptors (Lipinski definition) is 4. The Morgan fingerprint density at radius 3 is 2.79 bits per heavy atom. The molecule has 0 radical (unpaired) electrons. The van der Waals surface area contributed by atoms with Crippen molar-refractivity contribution in [2.75, 3.05) is 5.75 Å². The van der Waals surface area contributed by atoms with Crippen LogP contribution in [0, 0.1) is 5.82 Å². The van der Waals surface area contributed by atoms with E-state index in [9.17, 15) is 9.18 Å². The fourth-order valence-corrected chi connectivity index (χ4v) is 4.08. The molecule has 1 saturated carbocycles. The second-order valence-electron chi connectivity index (χ2n) is 7.49. The number of unbranched alkanes of at least 4 members (excludes halogenated alkanes) is 3. The quantitative estimate of drug-likeness (QED) is 0.424. The van der Waals surface area contributed by atoms with Gasteiger partial charge in [-0.05, 0) is 38.3 Å². The number of benzene rings is 1. The number of carbonyl (C=O) groups excluding carboxylic acids is 1. The number of nitrogens with zero attached hydrogens (tertiary/aromatic N) is 3. The number of carbonyl (C=O) groups is 1. The molecular formula is C21H29FN4OS. The van der Waals surface area contributed by atoms with Gasteiger partial charge in [0.25, 0.3) is 0 Å². The van der Waals surface area contributed by atoms with Crippen molar-refractivity contribution in [1.29, 1.82) is 0 Å². The van der Waals surface area contributed by atoms with Crippen LogP contribution in [0.3, 0.4) is 0 Å². The third kappa shape index (κ3) is 5.56. The first-order valence-electron chi connectivity index (χ1n) is 10.2. The van der Waals surface area contributed by atoms with Crippen LogP contribution < -0.4 is 5.32 Å². The van der Waals surface area contributed by atoms with E-state index in [1.807, 2.05) is 4.57 Å². The van der Waals surface area contributed by atoms with Gasteiger partial charge in [-0.1, -0.05) is 56.5 Å². The summed E-state index contributed by atoms with van der Waals surface area (Å²) in [5, 5.41) is 12.2. The zero-order valence-corrected chi connectivity index (χ0v) is 17.5. The minimum Gasteiger partial charge on any atom is -0.353 e. The van der Waals surface area contributed by atoms with Crippen LogP contribution in [0.5, 0.6) is 0 Å². The van der Waals surface area contributed by atoms with Crippen LogP contribution in [0.2, 0.25) is 0 Å².